The number of carbonyl (C=O) groups excluding carboxylic acids is 1. The van der Waals surface area contributed by atoms with E-state index in [1.165, 1.54) is 0 Å². The summed E-state index contributed by atoms with van der Waals surface area (Å²) in [7, 11) is 0. The summed E-state index contributed by atoms with van der Waals surface area (Å²) in [6.07, 6.45) is -0.550. The van der Waals surface area contributed by atoms with Crippen molar-refractivity contribution in [2.45, 2.75) is 6.10 Å². The van der Waals surface area contributed by atoms with Gasteiger partial charge in [0.25, 0.3) is 0 Å². The highest BCUT2D eigenvalue weighted by Crippen LogP contribution is 2.28. The second kappa shape index (κ2) is 5.25. The molecule has 0 aromatic heterocycles. The zero-order chi connectivity index (χ0) is 12.4. The van der Waals surface area contributed by atoms with Gasteiger partial charge in [-0.2, -0.15) is 0 Å². The van der Waals surface area contributed by atoms with E-state index in [4.69, 9.17) is 22.1 Å². The first-order valence-corrected chi connectivity index (χ1v) is 6.36. The van der Waals surface area contributed by atoms with E-state index in [-0.39, 0.29) is 0 Å². The summed E-state index contributed by atoms with van der Waals surface area (Å²) in [5.41, 5.74) is 6.20. The molecule has 92 valence electrons. The van der Waals surface area contributed by atoms with Crippen LogP contribution in [0.3, 0.4) is 0 Å². The fourth-order valence-electron chi connectivity index (χ4n) is 1.74. The normalized spacial score (nSPS) is 20.4. The molecule has 0 aliphatic carbocycles. The lowest BCUT2D eigenvalue weighted by Crippen LogP contribution is -2.48. The van der Waals surface area contributed by atoms with Crippen LogP contribution in [0, 0.1) is 0 Å². The lowest BCUT2D eigenvalue weighted by Gasteiger charge is -2.33. The number of morpholine rings is 1. The predicted molar refractivity (Wildman–Crippen MR) is 70.3 cm³/mol. The summed E-state index contributed by atoms with van der Waals surface area (Å²) in [5.74, 6) is -0.432. The number of halogens is 2. The number of amides is 1. The van der Waals surface area contributed by atoms with Gasteiger partial charge in [-0.05, 0) is 34.1 Å². The van der Waals surface area contributed by atoms with Crippen LogP contribution in [0.25, 0.3) is 0 Å². The van der Waals surface area contributed by atoms with Crippen LogP contribution in [-0.2, 0) is 9.53 Å². The smallest absolute Gasteiger partial charge is 0.248 e. The summed E-state index contributed by atoms with van der Waals surface area (Å²) < 4.78 is 6.14. The van der Waals surface area contributed by atoms with Gasteiger partial charge in [-0.25, -0.2) is 0 Å². The molecule has 1 heterocycles. The van der Waals surface area contributed by atoms with E-state index < -0.39 is 12.0 Å². The maximum absolute atomic E-state index is 11.1. The van der Waals surface area contributed by atoms with E-state index in [0.717, 1.165) is 16.7 Å². The molecule has 1 aliphatic heterocycles. The minimum atomic E-state index is -0.550. The number of primary amides is 1. The zero-order valence-corrected chi connectivity index (χ0v) is 11.4. The van der Waals surface area contributed by atoms with Crippen molar-refractivity contribution in [2.75, 3.05) is 24.6 Å². The van der Waals surface area contributed by atoms with E-state index in [1.807, 2.05) is 23.1 Å². The number of nitrogens with zero attached hydrogens (tertiary/aromatic N) is 1. The maximum atomic E-state index is 11.1. The Bertz CT molecular complexity index is 441. The first kappa shape index (κ1) is 12.7. The molecule has 1 amide bonds. The third-order valence-electron chi connectivity index (χ3n) is 2.65. The van der Waals surface area contributed by atoms with Gasteiger partial charge < -0.3 is 15.4 Å². The number of anilines is 1. The van der Waals surface area contributed by atoms with Crippen LogP contribution in [0.15, 0.2) is 22.7 Å². The van der Waals surface area contributed by atoms with E-state index in [9.17, 15) is 4.79 Å². The maximum Gasteiger partial charge on any atom is 0.248 e. The Hall–Kier alpha value is -0.780. The average Bonchev–Trinajstić information content (AvgIpc) is 2.33. The molecule has 0 radical (unpaired) electrons. The van der Waals surface area contributed by atoms with Gasteiger partial charge in [0.05, 0.1) is 18.2 Å². The first-order valence-electron chi connectivity index (χ1n) is 5.19. The van der Waals surface area contributed by atoms with E-state index in [0.29, 0.717) is 18.2 Å². The van der Waals surface area contributed by atoms with Gasteiger partial charge >= 0.3 is 0 Å². The Morgan fingerprint density at radius 2 is 2.35 bits per heavy atom. The first-order chi connectivity index (χ1) is 8.08. The molecule has 17 heavy (non-hydrogen) atoms. The summed E-state index contributed by atoms with van der Waals surface area (Å²) >= 11 is 9.37. The molecule has 2 rings (SSSR count). The summed E-state index contributed by atoms with van der Waals surface area (Å²) in [5, 5.41) is 0.643. The summed E-state index contributed by atoms with van der Waals surface area (Å²) in [6, 6.07) is 5.68. The van der Waals surface area contributed by atoms with Gasteiger partial charge in [-0.1, -0.05) is 11.6 Å². The minimum Gasteiger partial charge on any atom is -0.367 e. The quantitative estimate of drug-likeness (QED) is 0.904. The summed E-state index contributed by atoms with van der Waals surface area (Å²) in [6.45, 7) is 1.68. The van der Waals surface area contributed by atoms with Crippen molar-refractivity contribution in [1.29, 1.82) is 0 Å². The standard InChI is InChI=1S/C11H12BrClN2O2/c12-8-2-1-7(5-9(8)13)15-3-4-17-10(6-15)11(14)16/h1-2,5,10H,3-4,6H2,(H2,14,16). The highest BCUT2D eigenvalue weighted by molar-refractivity contribution is 9.10. The third kappa shape index (κ3) is 2.91. The van der Waals surface area contributed by atoms with Crippen molar-refractivity contribution < 1.29 is 9.53 Å². The van der Waals surface area contributed by atoms with E-state index in [2.05, 4.69) is 15.9 Å². The zero-order valence-electron chi connectivity index (χ0n) is 9.03. The fourth-order valence-corrected chi connectivity index (χ4v) is 2.16. The predicted octanol–water partition coefficient (Wildman–Crippen LogP) is 1.79. The van der Waals surface area contributed by atoms with Crippen molar-refractivity contribution in [3.63, 3.8) is 0 Å². The molecular formula is C11H12BrClN2O2. The lowest BCUT2D eigenvalue weighted by atomic mass is 10.2. The highest BCUT2D eigenvalue weighted by atomic mass is 79.9. The van der Waals surface area contributed by atoms with Crippen LogP contribution in [0.5, 0.6) is 0 Å². The van der Waals surface area contributed by atoms with E-state index >= 15 is 0 Å². The molecule has 1 unspecified atom stereocenters. The minimum absolute atomic E-state index is 0.432. The largest absolute Gasteiger partial charge is 0.367 e. The fraction of sp³-hybridized carbons (Fsp3) is 0.364. The van der Waals surface area contributed by atoms with Crippen molar-refractivity contribution >= 4 is 39.1 Å². The average molecular weight is 320 g/mol. The molecule has 1 aromatic rings. The molecule has 2 N–H and O–H groups in total. The lowest BCUT2D eigenvalue weighted by molar-refractivity contribution is -0.130. The summed E-state index contributed by atoms with van der Waals surface area (Å²) in [4.78, 5) is 13.1. The Labute approximate surface area is 113 Å². The van der Waals surface area contributed by atoms with Gasteiger partial charge in [0, 0.05) is 16.7 Å². The molecule has 1 aliphatic rings. The molecule has 1 fully saturated rings. The topological polar surface area (TPSA) is 55.6 Å². The molecule has 6 heteroatoms. The number of carbonyl (C=O) groups is 1. The van der Waals surface area contributed by atoms with Crippen LogP contribution in [0.1, 0.15) is 0 Å². The highest BCUT2D eigenvalue weighted by Gasteiger charge is 2.25. The van der Waals surface area contributed by atoms with Crippen LogP contribution in [0.4, 0.5) is 5.69 Å². The molecule has 1 aromatic carbocycles. The second-order valence-corrected chi connectivity index (χ2v) is 5.07. The third-order valence-corrected chi connectivity index (χ3v) is 3.88. The number of benzene rings is 1. The Morgan fingerprint density at radius 3 is 3.00 bits per heavy atom. The number of nitrogens with two attached hydrogens (primary N) is 1. The van der Waals surface area contributed by atoms with Gasteiger partial charge in [0.15, 0.2) is 6.10 Å². The van der Waals surface area contributed by atoms with Crippen molar-refractivity contribution in [3.05, 3.63) is 27.7 Å². The molecule has 0 bridgehead atoms. The van der Waals surface area contributed by atoms with Crippen LogP contribution >= 0.6 is 27.5 Å². The molecule has 0 spiro atoms. The Kier molecular flexibility index (Phi) is 3.91. The molecule has 1 saturated heterocycles. The second-order valence-electron chi connectivity index (χ2n) is 3.81. The van der Waals surface area contributed by atoms with Gasteiger partial charge in [0.1, 0.15) is 0 Å². The van der Waals surface area contributed by atoms with Gasteiger partial charge in [0.2, 0.25) is 5.91 Å². The molecular weight excluding hydrogens is 307 g/mol. The van der Waals surface area contributed by atoms with E-state index in [1.54, 1.807) is 0 Å². The molecule has 1 atom stereocenters. The number of hydrogen-bond donors (Lipinski definition) is 1. The van der Waals surface area contributed by atoms with Gasteiger partial charge in [-0.3, -0.25) is 4.79 Å². The number of rotatable bonds is 2. The van der Waals surface area contributed by atoms with Gasteiger partial charge in [-0.15, -0.1) is 0 Å². The Morgan fingerprint density at radius 1 is 1.59 bits per heavy atom. The monoisotopic (exact) mass is 318 g/mol. The van der Waals surface area contributed by atoms with Crippen molar-refractivity contribution in [3.8, 4) is 0 Å². The Balaban J connectivity index is 2.16. The van der Waals surface area contributed by atoms with Crippen LogP contribution in [0.2, 0.25) is 5.02 Å². The molecule has 4 nitrogen and oxygen atoms in total. The van der Waals surface area contributed by atoms with Crippen LogP contribution < -0.4 is 10.6 Å². The van der Waals surface area contributed by atoms with Crippen LogP contribution in [-0.4, -0.2) is 31.7 Å². The van der Waals surface area contributed by atoms with Crippen molar-refractivity contribution in [2.24, 2.45) is 5.73 Å². The number of hydrogen-bond acceptors (Lipinski definition) is 3. The SMILES string of the molecule is NC(=O)C1CN(c2ccc(Br)c(Cl)c2)CCO1. The number of ether oxygens (including phenoxy) is 1. The molecule has 0 saturated carbocycles. The van der Waals surface area contributed by atoms with Crippen molar-refractivity contribution in [1.82, 2.24) is 0 Å².